The Labute approximate surface area is 146 Å². The van der Waals surface area contributed by atoms with Crippen LogP contribution in [0.3, 0.4) is 0 Å². The van der Waals surface area contributed by atoms with Crippen molar-refractivity contribution in [1.29, 1.82) is 0 Å². The Kier molecular flexibility index (Phi) is 3.60. The molecule has 2 aliphatic heterocycles. The third kappa shape index (κ3) is 2.35. The van der Waals surface area contributed by atoms with E-state index in [4.69, 9.17) is 16.3 Å². The summed E-state index contributed by atoms with van der Waals surface area (Å²) in [5.41, 5.74) is -2.12. The molecule has 2 aromatic rings. The molecule has 4 atom stereocenters. The fourth-order valence-corrected chi connectivity index (χ4v) is 3.43. The van der Waals surface area contributed by atoms with Crippen LogP contribution in [0.15, 0.2) is 28.1 Å². The molecule has 1 saturated heterocycles. The molecule has 4 heterocycles. The molecule has 132 valence electrons. The number of amidine groups is 1. The van der Waals surface area contributed by atoms with E-state index >= 15 is 0 Å². The molecule has 0 bridgehead atoms. The van der Waals surface area contributed by atoms with Gasteiger partial charge in [0.15, 0.2) is 6.23 Å². The van der Waals surface area contributed by atoms with Crippen LogP contribution in [0, 0.1) is 0 Å². The van der Waals surface area contributed by atoms with Gasteiger partial charge in [0.05, 0.1) is 12.0 Å². The van der Waals surface area contributed by atoms with Crippen molar-refractivity contribution in [2.45, 2.75) is 31.0 Å². The molecule has 9 nitrogen and oxygen atoms in total. The van der Waals surface area contributed by atoms with Gasteiger partial charge in [-0.05, 0) is 24.6 Å². The van der Waals surface area contributed by atoms with E-state index in [0.717, 1.165) is 0 Å². The molecular weight excluding hydrogens is 352 g/mol. The Morgan fingerprint density at radius 3 is 2.92 bits per heavy atom. The van der Waals surface area contributed by atoms with Gasteiger partial charge < -0.3 is 29.9 Å². The lowest BCUT2D eigenvalue weighted by molar-refractivity contribution is -0.0955. The summed E-state index contributed by atoms with van der Waals surface area (Å²) in [6.45, 7) is 0.966. The maximum Gasteiger partial charge on any atom is 0.271 e. The summed E-state index contributed by atoms with van der Waals surface area (Å²) in [5.74, 6) is 0.573. The van der Waals surface area contributed by atoms with Crippen LogP contribution in [0.5, 0.6) is 0 Å². The highest BCUT2D eigenvalue weighted by atomic mass is 35.5. The minimum atomic E-state index is -1.68. The highest BCUT2D eigenvalue weighted by Crippen LogP contribution is 2.44. The normalized spacial score (nSPS) is 31.1. The number of aromatic nitrogens is 2. The van der Waals surface area contributed by atoms with Gasteiger partial charge in [-0.15, -0.1) is 0 Å². The predicted octanol–water partition coefficient (Wildman–Crippen LogP) is 0.0499. The number of halogens is 1. The van der Waals surface area contributed by atoms with Crippen LogP contribution in [0.4, 0.5) is 11.6 Å². The largest absolute Gasteiger partial charge is 0.394 e. The van der Waals surface area contributed by atoms with Gasteiger partial charge in [-0.3, -0.25) is 4.79 Å². The van der Waals surface area contributed by atoms with E-state index in [1.807, 2.05) is 0 Å². The zero-order valence-electron chi connectivity index (χ0n) is 13.0. The SMILES string of the molecule is C[C@]1(O)C(n2cc3ccc(=O)nc4c3c2N=C(Cl)N4)O[C@H](CO)[C@H]1O. The fraction of sp³-hybridized carbons (Fsp3) is 0.400. The van der Waals surface area contributed by atoms with Crippen molar-refractivity contribution in [2.24, 2.45) is 4.99 Å². The van der Waals surface area contributed by atoms with Gasteiger partial charge in [0.25, 0.3) is 5.56 Å². The van der Waals surface area contributed by atoms with Gasteiger partial charge in [0.2, 0.25) is 5.29 Å². The van der Waals surface area contributed by atoms with Gasteiger partial charge in [0.1, 0.15) is 29.4 Å². The molecular formula is C15H15ClN4O5. The Morgan fingerprint density at radius 1 is 1.48 bits per heavy atom. The molecule has 0 spiro atoms. The molecule has 2 aromatic heterocycles. The Hall–Kier alpha value is -2.04. The number of anilines is 1. The molecule has 0 amide bonds. The highest BCUT2D eigenvalue weighted by Gasteiger charge is 2.53. The van der Waals surface area contributed by atoms with E-state index in [2.05, 4.69) is 15.3 Å². The average Bonchev–Trinajstić information content (AvgIpc) is 2.94. The minimum absolute atomic E-state index is 0.00347. The summed E-state index contributed by atoms with van der Waals surface area (Å²) < 4.78 is 7.16. The number of ether oxygens (including phenoxy) is 1. The van der Waals surface area contributed by atoms with Crippen molar-refractivity contribution in [3.05, 3.63) is 28.7 Å². The summed E-state index contributed by atoms with van der Waals surface area (Å²) in [5, 5.41) is 34.2. The van der Waals surface area contributed by atoms with Gasteiger partial charge in [-0.25, -0.2) is 4.99 Å². The smallest absolute Gasteiger partial charge is 0.271 e. The summed E-state index contributed by atoms with van der Waals surface area (Å²) in [4.78, 5) is 19.9. The maximum atomic E-state index is 11.7. The van der Waals surface area contributed by atoms with Crippen LogP contribution in [-0.4, -0.2) is 54.6 Å². The van der Waals surface area contributed by atoms with Gasteiger partial charge in [0, 0.05) is 17.6 Å². The fourth-order valence-electron chi connectivity index (χ4n) is 3.26. The molecule has 10 heteroatoms. The van der Waals surface area contributed by atoms with Crippen LogP contribution < -0.4 is 10.9 Å². The van der Waals surface area contributed by atoms with Gasteiger partial charge >= 0.3 is 0 Å². The van der Waals surface area contributed by atoms with E-state index in [1.54, 1.807) is 12.3 Å². The lowest BCUT2D eigenvalue weighted by Crippen LogP contribution is -2.44. The second kappa shape index (κ2) is 5.48. The van der Waals surface area contributed by atoms with Gasteiger partial charge in [-0.1, -0.05) is 0 Å². The van der Waals surface area contributed by atoms with Crippen molar-refractivity contribution < 1.29 is 20.1 Å². The highest BCUT2D eigenvalue weighted by molar-refractivity contribution is 6.68. The molecule has 0 radical (unpaired) electrons. The van der Waals surface area contributed by atoms with Crippen LogP contribution >= 0.6 is 11.6 Å². The molecule has 1 unspecified atom stereocenters. The van der Waals surface area contributed by atoms with Crippen LogP contribution in [-0.2, 0) is 4.74 Å². The van der Waals surface area contributed by atoms with Crippen LogP contribution in [0.25, 0.3) is 10.8 Å². The van der Waals surface area contributed by atoms with Crippen LogP contribution in [0.2, 0.25) is 0 Å². The Bertz CT molecular complexity index is 957. The quantitative estimate of drug-likeness (QED) is 0.552. The second-order valence-corrected chi connectivity index (χ2v) is 6.59. The number of hydrogen-bond donors (Lipinski definition) is 4. The third-order valence-electron chi connectivity index (χ3n) is 4.51. The minimum Gasteiger partial charge on any atom is -0.394 e. The number of hydrogen-bond acceptors (Lipinski definition) is 8. The standard InChI is InChI=1S/C15H15ClN4O5/c1-15(24)10(23)7(5-21)25-13(15)20-4-6-2-3-8(22)17-11-9(6)12(20)19-14(16)18-11/h2-4,7,10,13,21,23-24H,5H2,1H3,(H,17,18,19,22)/t7-,10-,13?,15-/m1/s1. The molecule has 0 aliphatic carbocycles. The van der Waals surface area contributed by atoms with E-state index in [9.17, 15) is 20.1 Å². The molecule has 1 fully saturated rings. The van der Waals surface area contributed by atoms with E-state index in [0.29, 0.717) is 16.6 Å². The Morgan fingerprint density at radius 2 is 2.24 bits per heavy atom. The first-order valence-electron chi connectivity index (χ1n) is 7.57. The number of nitrogens with zero attached hydrogens (tertiary/aromatic N) is 3. The van der Waals surface area contributed by atoms with Crippen molar-refractivity contribution in [3.63, 3.8) is 0 Å². The topological polar surface area (TPSA) is 129 Å². The van der Waals surface area contributed by atoms with Crippen molar-refractivity contribution in [1.82, 2.24) is 9.55 Å². The van der Waals surface area contributed by atoms with E-state index in [-0.39, 0.29) is 11.1 Å². The van der Waals surface area contributed by atoms with Crippen molar-refractivity contribution >= 4 is 39.3 Å². The number of aliphatic hydroxyl groups excluding tert-OH is 2. The zero-order valence-corrected chi connectivity index (χ0v) is 13.8. The molecule has 4 N–H and O–H groups in total. The average molecular weight is 367 g/mol. The first-order valence-corrected chi connectivity index (χ1v) is 7.94. The summed E-state index contributed by atoms with van der Waals surface area (Å²) in [6, 6.07) is 2.88. The van der Waals surface area contributed by atoms with Crippen LogP contribution in [0.1, 0.15) is 13.2 Å². The molecule has 0 aromatic carbocycles. The summed E-state index contributed by atoms with van der Waals surface area (Å²) in [7, 11) is 0. The lowest BCUT2D eigenvalue weighted by atomic mass is 9.96. The number of aliphatic hydroxyl groups is 3. The molecule has 2 aliphatic rings. The van der Waals surface area contributed by atoms with E-state index < -0.39 is 36.2 Å². The van der Waals surface area contributed by atoms with Crippen molar-refractivity contribution in [3.8, 4) is 0 Å². The monoisotopic (exact) mass is 366 g/mol. The third-order valence-corrected chi connectivity index (χ3v) is 4.69. The van der Waals surface area contributed by atoms with Gasteiger partial charge in [-0.2, -0.15) is 4.98 Å². The lowest BCUT2D eigenvalue weighted by Gasteiger charge is -2.28. The second-order valence-electron chi connectivity index (χ2n) is 6.23. The predicted molar refractivity (Wildman–Crippen MR) is 90.2 cm³/mol. The molecule has 0 saturated carbocycles. The summed E-state index contributed by atoms with van der Waals surface area (Å²) >= 11 is 6.01. The van der Waals surface area contributed by atoms with E-state index in [1.165, 1.54) is 17.6 Å². The maximum absolute atomic E-state index is 11.7. The summed E-state index contributed by atoms with van der Waals surface area (Å²) in [6.07, 6.45) is -1.62. The zero-order chi connectivity index (χ0) is 17.9. The van der Waals surface area contributed by atoms with Crippen molar-refractivity contribution in [2.75, 3.05) is 11.9 Å². The molecule has 25 heavy (non-hydrogen) atoms. The first kappa shape index (κ1) is 16.4. The first-order chi connectivity index (χ1) is 11.8. The number of nitrogens with one attached hydrogen (secondary N) is 1. The number of rotatable bonds is 2. The molecule has 4 rings (SSSR count). The Balaban J connectivity index is 1.97. The number of aliphatic imine (C=N–C) groups is 1.